The number of halogens is 5. The van der Waals surface area contributed by atoms with E-state index >= 15 is 0 Å². The van der Waals surface area contributed by atoms with Gasteiger partial charge in [-0.1, -0.05) is 35.9 Å². The summed E-state index contributed by atoms with van der Waals surface area (Å²) in [5.41, 5.74) is 0.199. The molecule has 0 saturated carbocycles. The van der Waals surface area contributed by atoms with Crippen LogP contribution in [0.25, 0.3) is 5.69 Å². The summed E-state index contributed by atoms with van der Waals surface area (Å²) in [6.07, 6.45) is -4.73. The Bertz CT molecular complexity index is 1490. The van der Waals surface area contributed by atoms with Crippen molar-refractivity contribution in [3.05, 3.63) is 107 Å². The molecule has 0 aliphatic rings. The Kier molecular flexibility index (Phi) is 7.54. The molecule has 0 radical (unpaired) electrons. The first kappa shape index (κ1) is 26.9. The summed E-state index contributed by atoms with van der Waals surface area (Å²) in [5, 5.41) is 6.55. The Morgan fingerprint density at radius 2 is 1.68 bits per heavy atom. The van der Waals surface area contributed by atoms with Gasteiger partial charge in [0.1, 0.15) is 11.6 Å². The Hall–Kier alpha value is -4.18. The van der Waals surface area contributed by atoms with Crippen molar-refractivity contribution >= 4 is 34.9 Å². The maximum absolute atomic E-state index is 13.5. The van der Waals surface area contributed by atoms with E-state index in [0.29, 0.717) is 16.3 Å². The third-order valence-electron chi connectivity index (χ3n) is 5.83. The van der Waals surface area contributed by atoms with Gasteiger partial charge in [-0.15, -0.1) is 0 Å². The monoisotopic (exact) mass is 544 g/mol. The van der Waals surface area contributed by atoms with Gasteiger partial charge in [-0.25, -0.2) is 9.07 Å². The van der Waals surface area contributed by atoms with Crippen molar-refractivity contribution in [2.24, 2.45) is 0 Å². The summed E-state index contributed by atoms with van der Waals surface area (Å²) < 4.78 is 54.8. The van der Waals surface area contributed by atoms with Gasteiger partial charge in [0.05, 0.1) is 11.6 Å². The molecule has 0 bridgehead atoms. The molecule has 0 saturated heterocycles. The maximum atomic E-state index is 13.5. The van der Waals surface area contributed by atoms with E-state index < -0.39 is 35.4 Å². The Morgan fingerprint density at radius 1 is 1.00 bits per heavy atom. The number of nitrogens with zero attached hydrogens (tertiary/aromatic N) is 3. The molecule has 2 amide bonds. The number of amides is 2. The van der Waals surface area contributed by atoms with Crippen LogP contribution in [0.15, 0.2) is 78.9 Å². The number of rotatable bonds is 6. The van der Waals surface area contributed by atoms with Crippen LogP contribution in [-0.2, 0) is 11.0 Å². The van der Waals surface area contributed by atoms with E-state index in [4.69, 9.17) is 11.6 Å². The van der Waals surface area contributed by atoms with Gasteiger partial charge >= 0.3 is 6.18 Å². The fourth-order valence-electron chi connectivity index (χ4n) is 3.79. The second-order valence-corrected chi connectivity index (χ2v) is 8.92. The van der Waals surface area contributed by atoms with E-state index in [9.17, 15) is 27.2 Å². The first-order valence-electron chi connectivity index (χ1n) is 11.3. The number of benzene rings is 3. The molecule has 1 unspecified atom stereocenters. The smallest absolute Gasteiger partial charge is 0.322 e. The van der Waals surface area contributed by atoms with E-state index in [1.165, 1.54) is 49.5 Å². The first-order valence-corrected chi connectivity index (χ1v) is 11.7. The fraction of sp³-hybridized carbons (Fsp3) is 0.148. The molecule has 3 aromatic carbocycles. The lowest BCUT2D eigenvalue weighted by Gasteiger charge is -2.22. The van der Waals surface area contributed by atoms with Crippen LogP contribution in [0.4, 0.5) is 29.1 Å². The quantitative estimate of drug-likeness (QED) is 0.275. The molecule has 0 spiro atoms. The van der Waals surface area contributed by atoms with Gasteiger partial charge in [0.25, 0.3) is 5.91 Å². The van der Waals surface area contributed by atoms with Crippen LogP contribution < -0.4 is 10.2 Å². The second-order valence-electron chi connectivity index (χ2n) is 8.48. The zero-order valence-electron chi connectivity index (χ0n) is 20.1. The summed E-state index contributed by atoms with van der Waals surface area (Å²) >= 11 is 6.01. The minimum absolute atomic E-state index is 0.0949. The maximum Gasteiger partial charge on any atom is 0.435 e. The molecule has 0 aliphatic carbocycles. The van der Waals surface area contributed by atoms with Crippen molar-refractivity contribution < 1.29 is 27.2 Å². The number of aromatic nitrogens is 2. The normalized spacial score (nSPS) is 12.2. The number of anilines is 2. The van der Waals surface area contributed by atoms with Gasteiger partial charge in [-0.3, -0.25) is 14.5 Å². The molecule has 0 fully saturated rings. The lowest BCUT2D eigenvalue weighted by atomic mass is 9.98. The van der Waals surface area contributed by atoms with Gasteiger partial charge in [0.2, 0.25) is 5.91 Å². The van der Waals surface area contributed by atoms with Crippen LogP contribution in [0.3, 0.4) is 0 Å². The van der Waals surface area contributed by atoms with Crippen LogP contribution >= 0.6 is 11.6 Å². The topological polar surface area (TPSA) is 67.2 Å². The highest BCUT2D eigenvalue weighted by Gasteiger charge is 2.36. The van der Waals surface area contributed by atoms with E-state index in [0.717, 1.165) is 15.6 Å². The summed E-state index contributed by atoms with van der Waals surface area (Å²) in [6.45, 7) is 1.60. The number of carbonyl (C=O) groups is 2. The highest BCUT2D eigenvalue weighted by atomic mass is 35.5. The molecule has 1 atom stereocenters. The average Bonchev–Trinajstić information content (AvgIpc) is 3.34. The number of nitrogens with one attached hydrogen (secondary N) is 1. The number of hydrogen-bond donors (Lipinski definition) is 1. The molecule has 4 aromatic rings. The number of alkyl halides is 3. The summed E-state index contributed by atoms with van der Waals surface area (Å²) in [7, 11) is 1.36. The second kappa shape index (κ2) is 10.7. The lowest BCUT2D eigenvalue weighted by Crippen LogP contribution is -2.32. The Balaban J connectivity index is 1.56. The fourth-order valence-corrected chi connectivity index (χ4v) is 3.97. The minimum Gasteiger partial charge on any atom is -0.322 e. The number of carbonyl (C=O) groups excluding carboxylic acids is 2. The summed E-state index contributed by atoms with van der Waals surface area (Å²) in [6, 6.07) is 18.5. The molecule has 196 valence electrons. The molecule has 11 heteroatoms. The predicted octanol–water partition coefficient (Wildman–Crippen LogP) is 6.70. The SMILES string of the molecule is CC(C(=O)N(C)c1cc(C(F)(F)F)nn1-c1cccc(Cl)c1)c1ccc(C(=O)Nc2cccc(F)c2)cc1. The summed E-state index contributed by atoms with van der Waals surface area (Å²) in [5.74, 6) is -2.32. The van der Waals surface area contributed by atoms with Crippen LogP contribution in [0.1, 0.15) is 34.5 Å². The lowest BCUT2D eigenvalue weighted by molar-refractivity contribution is -0.141. The van der Waals surface area contributed by atoms with Crippen molar-refractivity contribution in [2.75, 3.05) is 17.3 Å². The van der Waals surface area contributed by atoms with Crippen molar-refractivity contribution in [1.29, 1.82) is 0 Å². The molecular weight excluding hydrogens is 524 g/mol. The predicted molar refractivity (Wildman–Crippen MR) is 136 cm³/mol. The molecule has 1 N–H and O–H groups in total. The number of likely N-dealkylation sites (N-methyl/N-ethyl adjacent to an activating group) is 1. The van der Waals surface area contributed by atoms with Gasteiger partial charge in [-0.05, 0) is 61.0 Å². The summed E-state index contributed by atoms with van der Waals surface area (Å²) in [4.78, 5) is 26.9. The minimum atomic E-state index is -4.73. The van der Waals surface area contributed by atoms with Gasteiger partial charge < -0.3 is 5.32 Å². The van der Waals surface area contributed by atoms with Crippen LogP contribution in [-0.4, -0.2) is 28.6 Å². The average molecular weight is 545 g/mol. The molecule has 0 aliphatic heterocycles. The van der Waals surface area contributed by atoms with Crippen molar-refractivity contribution in [1.82, 2.24) is 9.78 Å². The molecular formula is C27H21ClF4N4O2. The molecule has 38 heavy (non-hydrogen) atoms. The van der Waals surface area contributed by atoms with Crippen molar-refractivity contribution in [2.45, 2.75) is 19.0 Å². The van der Waals surface area contributed by atoms with Crippen LogP contribution in [0.2, 0.25) is 5.02 Å². The zero-order valence-corrected chi connectivity index (χ0v) is 20.9. The molecule has 1 aromatic heterocycles. The third kappa shape index (κ3) is 5.86. The Labute approximate surface area is 220 Å². The van der Waals surface area contributed by atoms with E-state index in [1.54, 1.807) is 37.3 Å². The number of hydrogen-bond acceptors (Lipinski definition) is 3. The third-order valence-corrected chi connectivity index (χ3v) is 6.07. The van der Waals surface area contributed by atoms with Crippen LogP contribution in [0, 0.1) is 5.82 Å². The van der Waals surface area contributed by atoms with Gasteiger partial charge in [0, 0.05) is 29.4 Å². The Morgan fingerprint density at radius 3 is 2.32 bits per heavy atom. The van der Waals surface area contributed by atoms with Gasteiger partial charge in [0.15, 0.2) is 5.69 Å². The first-order chi connectivity index (χ1) is 17.9. The highest BCUT2D eigenvalue weighted by molar-refractivity contribution is 6.30. The van der Waals surface area contributed by atoms with E-state index in [2.05, 4.69) is 10.4 Å². The largest absolute Gasteiger partial charge is 0.435 e. The van der Waals surface area contributed by atoms with Gasteiger partial charge in [-0.2, -0.15) is 18.3 Å². The van der Waals surface area contributed by atoms with E-state index in [-0.39, 0.29) is 17.1 Å². The standard InChI is InChI=1S/C27H21ClF4N4O2/c1-16(17-9-11-18(12-10-17)25(37)33-21-7-4-6-20(29)14-21)26(38)35(2)24-15-23(27(30,31)32)34-36(24)22-8-3-5-19(28)13-22/h3-16H,1-2H3,(H,33,37). The van der Waals surface area contributed by atoms with Crippen LogP contribution in [0.5, 0.6) is 0 Å². The molecule has 1 heterocycles. The molecule has 6 nitrogen and oxygen atoms in total. The van der Waals surface area contributed by atoms with Crippen molar-refractivity contribution in [3.63, 3.8) is 0 Å². The highest BCUT2D eigenvalue weighted by Crippen LogP contribution is 2.33. The molecule has 4 rings (SSSR count). The van der Waals surface area contributed by atoms with E-state index in [1.807, 2.05) is 0 Å². The zero-order chi connectivity index (χ0) is 27.6. The van der Waals surface area contributed by atoms with Crippen molar-refractivity contribution in [3.8, 4) is 5.69 Å².